The molecular weight excluding hydrogens is 228 g/mol. The maximum Gasteiger partial charge on any atom is 0.225 e. The summed E-state index contributed by atoms with van der Waals surface area (Å²) in [7, 11) is 1.82. The number of carbonyl (C=O) groups is 1. The highest BCUT2D eigenvalue weighted by molar-refractivity contribution is 5.78. The van der Waals surface area contributed by atoms with Gasteiger partial charge >= 0.3 is 0 Å². The molecule has 1 unspecified atom stereocenters. The third-order valence-electron chi connectivity index (χ3n) is 3.75. The van der Waals surface area contributed by atoms with Gasteiger partial charge in [-0.25, -0.2) is 0 Å². The maximum absolute atomic E-state index is 12.3. The van der Waals surface area contributed by atoms with Gasteiger partial charge in [-0.15, -0.1) is 0 Å². The van der Waals surface area contributed by atoms with Crippen LogP contribution in [0.4, 0.5) is 0 Å². The fourth-order valence-electron chi connectivity index (χ4n) is 2.78. The fourth-order valence-corrected chi connectivity index (χ4v) is 2.78. The fraction of sp³-hybridized carbons (Fsp3) is 0.929. The van der Waals surface area contributed by atoms with E-state index in [1.165, 1.54) is 0 Å². The Bertz CT molecular complexity index is 257. The van der Waals surface area contributed by atoms with E-state index in [0.717, 1.165) is 38.6 Å². The summed E-state index contributed by atoms with van der Waals surface area (Å²) in [6, 6.07) is 0. The summed E-state index contributed by atoms with van der Waals surface area (Å²) < 4.78 is 0. The van der Waals surface area contributed by atoms with Crippen LogP contribution >= 0.6 is 0 Å². The zero-order chi connectivity index (χ0) is 13.6. The van der Waals surface area contributed by atoms with Gasteiger partial charge in [0.15, 0.2) is 0 Å². The van der Waals surface area contributed by atoms with Crippen molar-refractivity contribution in [2.24, 2.45) is 5.92 Å². The minimum Gasteiger partial charge on any atom is -0.387 e. The Labute approximate surface area is 111 Å². The molecule has 0 aliphatic carbocycles. The zero-order valence-electron chi connectivity index (χ0n) is 12.0. The van der Waals surface area contributed by atoms with E-state index < -0.39 is 5.60 Å². The SMILES string of the molecule is CCCC(CCC)C(=O)N(C)CC1(O)CCNC1. The Hall–Kier alpha value is -0.610. The lowest BCUT2D eigenvalue weighted by Gasteiger charge is -2.30. The van der Waals surface area contributed by atoms with E-state index in [1.54, 1.807) is 4.90 Å². The number of rotatable bonds is 7. The Morgan fingerprint density at radius 3 is 2.44 bits per heavy atom. The standard InChI is InChI=1S/C14H28N2O2/c1-4-6-12(7-5-2)13(17)16(3)11-14(18)8-9-15-10-14/h12,15,18H,4-11H2,1-3H3. The van der Waals surface area contributed by atoms with Crippen molar-refractivity contribution in [1.82, 2.24) is 10.2 Å². The number of aliphatic hydroxyl groups is 1. The topological polar surface area (TPSA) is 52.6 Å². The maximum atomic E-state index is 12.3. The first-order chi connectivity index (χ1) is 8.52. The number of β-amino-alcohol motifs (C(OH)–C–C–N with tert-alkyl or cyclic N) is 1. The summed E-state index contributed by atoms with van der Waals surface area (Å²) in [6.07, 6.45) is 4.71. The van der Waals surface area contributed by atoms with Crippen molar-refractivity contribution < 1.29 is 9.90 Å². The first kappa shape index (κ1) is 15.4. The van der Waals surface area contributed by atoms with Gasteiger partial charge in [-0.3, -0.25) is 4.79 Å². The second kappa shape index (κ2) is 7.10. The molecule has 0 aromatic carbocycles. The second-order valence-corrected chi connectivity index (χ2v) is 5.62. The van der Waals surface area contributed by atoms with Crippen LogP contribution in [-0.4, -0.2) is 48.2 Å². The van der Waals surface area contributed by atoms with Gasteiger partial charge in [-0.1, -0.05) is 26.7 Å². The quantitative estimate of drug-likeness (QED) is 0.723. The van der Waals surface area contributed by atoms with Crippen molar-refractivity contribution in [3.05, 3.63) is 0 Å². The van der Waals surface area contributed by atoms with Gasteiger partial charge < -0.3 is 15.3 Å². The van der Waals surface area contributed by atoms with Crippen LogP contribution in [0.25, 0.3) is 0 Å². The highest BCUT2D eigenvalue weighted by Crippen LogP contribution is 2.20. The number of nitrogens with one attached hydrogen (secondary N) is 1. The van der Waals surface area contributed by atoms with Gasteiger partial charge in [0.1, 0.15) is 0 Å². The van der Waals surface area contributed by atoms with E-state index >= 15 is 0 Å². The molecule has 0 saturated carbocycles. The molecule has 1 aliphatic heterocycles. The van der Waals surface area contributed by atoms with Gasteiger partial charge in [0.25, 0.3) is 0 Å². The molecule has 0 aromatic heterocycles. The number of amides is 1. The highest BCUT2D eigenvalue weighted by atomic mass is 16.3. The average molecular weight is 256 g/mol. The normalized spacial score (nSPS) is 23.6. The largest absolute Gasteiger partial charge is 0.387 e. The van der Waals surface area contributed by atoms with Crippen molar-refractivity contribution in [3.63, 3.8) is 0 Å². The Balaban J connectivity index is 2.52. The van der Waals surface area contributed by atoms with E-state index in [-0.39, 0.29) is 11.8 Å². The molecule has 1 rings (SSSR count). The molecule has 2 N–H and O–H groups in total. The minimum absolute atomic E-state index is 0.128. The monoisotopic (exact) mass is 256 g/mol. The molecule has 106 valence electrons. The van der Waals surface area contributed by atoms with Crippen LogP contribution in [-0.2, 0) is 4.79 Å². The summed E-state index contributed by atoms with van der Waals surface area (Å²) in [5, 5.41) is 13.4. The molecule has 1 fully saturated rings. The number of carbonyl (C=O) groups excluding carboxylic acids is 1. The summed E-state index contributed by atoms with van der Waals surface area (Å²) in [5.74, 6) is 0.321. The van der Waals surface area contributed by atoms with Crippen LogP contribution in [0.5, 0.6) is 0 Å². The number of hydrogen-bond acceptors (Lipinski definition) is 3. The zero-order valence-corrected chi connectivity index (χ0v) is 12.0. The van der Waals surface area contributed by atoms with Gasteiger partial charge in [-0.2, -0.15) is 0 Å². The molecular formula is C14H28N2O2. The first-order valence-corrected chi connectivity index (χ1v) is 7.20. The van der Waals surface area contributed by atoms with E-state index in [4.69, 9.17) is 0 Å². The summed E-state index contributed by atoms with van der Waals surface area (Å²) in [6.45, 7) is 6.11. The lowest BCUT2D eigenvalue weighted by molar-refractivity contribution is -0.137. The van der Waals surface area contributed by atoms with Gasteiger partial charge in [0.05, 0.1) is 12.1 Å². The summed E-state index contributed by atoms with van der Waals surface area (Å²) in [5.41, 5.74) is -0.729. The smallest absolute Gasteiger partial charge is 0.225 e. The Morgan fingerprint density at radius 2 is 2.00 bits per heavy atom. The average Bonchev–Trinajstić information content (AvgIpc) is 2.74. The minimum atomic E-state index is -0.729. The van der Waals surface area contributed by atoms with Crippen LogP contribution in [0.3, 0.4) is 0 Å². The number of likely N-dealkylation sites (N-methyl/N-ethyl adjacent to an activating group) is 1. The molecule has 1 atom stereocenters. The Kier molecular flexibility index (Phi) is 6.09. The van der Waals surface area contributed by atoms with E-state index in [0.29, 0.717) is 13.1 Å². The molecule has 4 nitrogen and oxygen atoms in total. The predicted octanol–water partition coefficient (Wildman–Crippen LogP) is 1.39. The van der Waals surface area contributed by atoms with Crippen molar-refractivity contribution in [3.8, 4) is 0 Å². The predicted molar refractivity (Wildman–Crippen MR) is 73.4 cm³/mol. The Morgan fingerprint density at radius 1 is 1.39 bits per heavy atom. The molecule has 0 radical (unpaired) electrons. The molecule has 1 heterocycles. The number of nitrogens with zero attached hydrogens (tertiary/aromatic N) is 1. The van der Waals surface area contributed by atoms with Crippen LogP contribution in [0.1, 0.15) is 46.0 Å². The second-order valence-electron chi connectivity index (χ2n) is 5.62. The molecule has 1 aliphatic rings. The van der Waals surface area contributed by atoms with E-state index in [1.807, 2.05) is 7.05 Å². The lowest BCUT2D eigenvalue weighted by Crippen LogP contribution is -2.46. The molecule has 1 saturated heterocycles. The van der Waals surface area contributed by atoms with Crippen molar-refractivity contribution in [2.45, 2.75) is 51.6 Å². The van der Waals surface area contributed by atoms with Crippen molar-refractivity contribution in [1.29, 1.82) is 0 Å². The first-order valence-electron chi connectivity index (χ1n) is 7.20. The molecule has 18 heavy (non-hydrogen) atoms. The van der Waals surface area contributed by atoms with Crippen molar-refractivity contribution >= 4 is 5.91 Å². The lowest BCUT2D eigenvalue weighted by atomic mass is 9.95. The van der Waals surface area contributed by atoms with Crippen LogP contribution in [0.2, 0.25) is 0 Å². The summed E-state index contributed by atoms with van der Waals surface area (Å²) >= 11 is 0. The van der Waals surface area contributed by atoms with E-state index in [9.17, 15) is 9.90 Å². The van der Waals surface area contributed by atoms with Gasteiger partial charge in [-0.05, 0) is 25.8 Å². The van der Waals surface area contributed by atoms with Crippen LogP contribution in [0, 0.1) is 5.92 Å². The third kappa shape index (κ3) is 4.25. The van der Waals surface area contributed by atoms with Crippen molar-refractivity contribution in [2.75, 3.05) is 26.7 Å². The molecule has 1 amide bonds. The van der Waals surface area contributed by atoms with Gasteiger partial charge in [0.2, 0.25) is 5.91 Å². The summed E-state index contributed by atoms with van der Waals surface area (Å²) in [4.78, 5) is 14.1. The molecule has 4 heteroatoms. The highest BCUT2D eigenvalue weighted by Gasteiger charge is 2.34. The van der Waals surface area contributed by atoms with E-state index in [2.05, 4.69) is 19.2 Å². The molecule has 0 spiro atoms. The molecule has 0 bridgehead atoms. The van der Waals surface area contributed by atoms with Gasteiger partial charge in [0, 0.05) is 19.5 Å². The van der Waals surface area contributed by atoms with Crippen LogP contribution < -0.4 is 5.32 Å². The van der Waals surface area contributed by atoms with Crippen LogP contribution in [0.15, 0.2) is 0 Å². The molecule has 0 aromatic rings. The number of hydrogen-bond donors (Lipinski definition) is 2. The third-order valence-corrected chi connectivity index (χ3v) is 3.75.